The van der Waals surface area contributed by atoms with E-state index in [1.54, 1.807) is 43.3 Å². The van der Waals surface area contributed by atoms with Crippen molar-refractivity contribution >= 4 is 23.2 Å². The standard InChI is InChI=1S/C30H22F4N2O5S/c1-14(37)23-26-17-6-4-5-7-21(17)41-30(23,2)35-29-36(26)28(38)22(42-29)11-15-8-9-20(39-3)16(10-15)13-40-27-24(33)18(31)12-19(32)25(27)34/h4-12,23,26H,13H2,1-3H3/t23-,26-,30+/m0/s1. The lowest BCUT2D eigenvalue weighted by atomic mass is 9.79. The van der Waals surface area contributed by atoms with E-state index in [9.17, 15) is 27.2 Å². The summed E-state index contributed by atoms with van der Waals surface area (Å²) < 4.78 is 74.0. The zero-order valence-electron chi connectivity index (χ0n) is 22.4. The number of ether oxygens (including phenoxy) is 3. The number of methoxy groups -OCH3 is 1. The molecule has 7 nitrogen and oxygen atoms in total. The molecule has 2 aliphatic heterocycles. The first-order valence-electron chi connectivity index (χ1n) is 12.8. The quantitative estimate of drug-likeness (QED) is 0.243. The lowest BCUT2D eigenvalue weighted by Gasteiger charge is -2.45. The highest BCUT2D eigenvalue weighted by Gasteiger charge is 2.53. The molecule has 4 aromatic rings. The van der Waals surface area contributed by atoms with Gasteiger partial charge >= 0.3 is 0 Å². The molecule has 0 amide bonds. The van der Waals surface area contributed by atoms with Gasteiger partial charge in [0.1, 0.15) is 29.8 Å². The summed E-state index contributed by atoms with van der Waals surface area (Å²) >= 11 is 1.13. The number of fused-ring (bicyclic) bond motifs is 6. The van der Waals surface area contributed by atoms with Gasteiger partial charge in [-0.15, -0.1) is 0 Å². The van der Waals surface area contributed by atoms with Crippen LogP contribution < -0.4 is 29.1 Å². The molecule has 2 bridgehead atoms. The van der Waals surface area contributed by atoms with E-state index in [2.05, 4.69) is 0 Å². The summed E-state index contributed by atoms with van der Waals surface area (Å²) in [7, 11) is 1.37. The van der Waals surface area contributed by atoms with E-state index in [0.29, 0.717) is 31.8 Å². The van der Waals surface area contributed by atoms with Crippen molar-refractivity contribution in [2.24, 2.45) is 10.9 Å². The van der Waals surface area contributed by atoms with E-state index in [4.69, 9.17) is 19.2 Å². The van der Waals surface area contributed by atoms with Gasteiger partial charge in [-0.05, 0) is 43.7 Å². The van der Waals surface area contributed by atoms with Gasteiger partial charge in [-0.2, -0.15) is 8.78 Å². The second kappa shape index (κ2) is 10.1. The summed E-state index contributed by atoms with van der Waals surface area (Å²) in [6.07, 6.45) is 1.60. The number of halogens is 4. The average molecular weight is 599 g/mol. The number of aromatic nitrogens is 1. The summed E-state index contributed by atoms with van der Waals surface area (Å²) in [5.74, 6) is -7.77. The van der Waals surface area contributed by atoms with Crippen LogP contribution in [-0.4, -0.2) is 23.2 Å². The van der Waals surface area contributed by atoms with Gasteiger partial charge in [0.25, 0.3) is 5.56 Å². The fourth-order valence-corrected chi connectivity index (χ4v) is 6.64. The Morgan fingerprint density at radius 3 is 2.52 bits per heavy atom. The average Bonchev–Trinajstić information content (AvgIpc) is 3.24. The Morgan fingerprint density at radius 1 is 1.12 bits per heavy atom. The van der Waals surface area contributed by atoms with Crippen LogP contribution in [0.1, 0.15) is 36.6 Å². The van der Waals surface area contributed by atoms with E-state index in [1.165, 1.54) is 18.6 Å². The smallest absolute Gasteiger partial charge is 0.270 e. The lowest BCUT2D eigenvalue weighted by molar-refractivity contribution is -0.132. The van der Waals surface area contributed by atoms with E-state index in [0.717, 1.165) is 11.3 Å². The molecular formula is C30H22F4N2O5S. The minimum atomic E-state index is -1.66. The van der Waals surface area contributed by atoms with E-state index in [-0.39, 0.29) is 23.2 Å². The van der Waals surface area contributed by atoms with Crippen molar-refractivity contribution in [3.63, 3.8) is 0 Å². The molecular weight excluding hydrogens is 576 g/mol. The molecule has 3 aromatic carbocycles. The van der Waals surface area contributed by atoms with Crippen molar-refractivity contribution in [2.45, 2.75) is 32.2 Å². The maximum absolute atomic E-state index is 14.1. The van der Waals surface area contributed by atoms with Crippen LogP contribution in [0.2, 0.25) is 0 Å². The van der Waals surface area contributed by atoms with Gasteiger partial charge in [0.2, 0.25) is 17.4 Å². The number of hydrogen-bond donors (Lipinski definition) is 0. The van der Waals surface area contributed by atoms with Crippen LogP contribution in [0.25, 0.3) is 6.08 Å². The number of Topliss-reactive ketones (excluding diaryl/α,β-unsaturated/α-hetero) is 1. The maximum Gasteiger partial charge on any atom is 0.270 e. The van der Waals surface area contributed by atoms with Gasteiger partial charge in [-0.3, -0.25) is 14.2 Å². The third-order valence-corrected chi connectivity index (χ3v) is 8.35. The molecule has 3 atom stereocenters. The SMILES string of the molecule is COc1ccc(C=c2sc3n(c2=O)[C@H]2c4ccccc4O[C@@](C)(N=3)[C@H]2C(C)=O)cc1COc1c(F)c(F)cc(F)c1F. The van der Waals surface area contributed by atoms with E-state index < -0.39 is 53.3 Å². The van der Waals surface area contributed by atoms with E-state index in [1.807, 2.05) is 12.1 Å². The van der Waals surface area contributed by atoms with Crippen molar-refractivity contribution < 1.29 is 36.6 Å². The molecule has 0 radical (unpaired) electrons. The fourth-order valence-electron chi connectivity index (χ4n) is 5.54. The number of benzene rings is 3. The number of carbonyl (C=O) groups excluding carboxylic acids is 1. The lowest BCUT2D eigenvalue weighted by Crippen LogP contribution is -2.58. The third kappa shape index (κ3) is 4.37. The Bertz CT molecular complexity index is 1930. The molecule has 6 rings (SSSR count). The zero-order valence-corrected chi connectivity index (χ0v) is 23.2. The van der Waals surface area contributed by atoms with E-state index >= 15 is 0 Å². The van der Waals surface area contributed by atoms with Gasteiger partial charge < -0.3 is 14.2 Å². The third-order valence-electron chi connectivity index (χ3n) is 7.36. The minimum Gasteiger partial charge on any atom is -0.496 e. The highest BCUT2D eigenvalue weighted by Crippen LogP contribution is 2.47. The molecule has 216 valence electrons. The first-order valence-corrected chi connectivity index (χ1v) is 13.6. The number of thiazole rings is 1. The van der Waals surface area contributed by atoms with Gasteiger partial charge in [0.15, 0.2) is 22.2 Å². The largest absolute Gasteiger partial charge is 0.496 e. The topological polar surface area (TPSA) is 79.1 Å². The van der Waals surface area contributed by atoms with Crippen LogP contribution in [0.4, 0.5) is 17.6 Å². The summed E-state index contributed by atoms with van der Waals surface area (Å²) in [5, 5.41) is 0. The number of ketones is 1. The molecule has 1 aromatic heterocycles. The highest BCUT2D eigenvalue weighted by atomic mass is 32.1. The van der Waals surface area contributed by atoms with Gasteiger partial charge in [0, 0.05) is 17.2 Å². The highest BCUT2D eigenvalue weighted by molar-refractivity contribution is 7.07. The van der Waals surface area contributed by atoms with Crippen molar-refractivity contribution in [3.8, 4) is 17.2 Å². The van der Waals surface area contributed by atoms with Crippen molar-refractivity contribution in [2.75, 3.05) is 7.11 Å². The molecule has 2 aliphatic rings. The fraction of sp³-hybridized carbons (Fsp3) is 0.233. The summed E-state index contributed by atoms with van der Waals surface area (Å²) in [6, 6.07) is 11.5. The van der Waals surface area contributed by atoms with Crippen LogP contribution in [0.3, 0.4) is 0 Å². The first-order chi connectivity index (χ1) is 20.0. The predicted octanol–water partition coefficient (Wildman–Crippen LogP) is 4.42. The van der Waals surface area contributed by atoms with Crippen LogP contribution in [-0.2, 0) is 11.4 Å². The summed E-state index contributed by atoms with van der Waals surface area (Å²) in [4.78, 5) is 31.7. The van der Waals surface area contributed by atoms with Gasteiger partial charge in [-0.25, -0.2) is 13.8 Å². The molecule has 0 aliphatic carbocycles. The molecule has 0 fully saturated rings. The number of nitrogens with zero attached hydrogens (tertiary/aromatic N) is 2. The van der Waals surface area contributed by atoms with Crippen LogP contribution in [0.5, 0.6) is 17.2 Å². The van der Waals surface area contributed by atoms with Crippen LogP contribution in [0.15, 0.2) is 58.3 Å². The molecule has 0 unspecified atom stereocenters. The minimum absolute atomic E-state index is 0.0939. The zero-order chi connectivity index (χ0) is 29.9. The second-order valence-electron chi connectivity index (χ2n) is 10.1. The molecule has 12 heteroatoms. The predicted molar refractivity (Wildman–Crippen MR) is 144 cm³/mol. The van der Waals surface area contributed by atoms with Gasteiger partial charge in [-0.1, -0.05) is 35.6 Å². The summed E-state index contributed by atoms with van der Waals surface area (Å²) in [5.41, 5.74) is -0.0591. The Morgan fingerprint density at radius 2 is 1.83 bits per heavy atom. The molecule has 0 spiro atoms. The molecule has 0 saturated carbocycles. The summed E-state index contributed by atoms with van der Waals surface area (Å²) in [6.45, 7) is 2.69. The number of rotatable bonds is 6. The van der Waals surface area contributed by atoms with Crippen molar-refractivity contribution in [1.82, 2.24) is 4.57 Å². The van der Waals surface area contributed by atoms with Crippen LogP contribution >= 0.6 is 11.3 Å². The monoisotopic (exact) mass is 598 g/mol. The number of carbonyl (C=O) groups is 1. The maximum atomic E-state index is 14.1. The first kappa shape index (κ1) is 27.7. The molecule has 42 heavy (non-hydrogen) atoms. The molecule has 3 heterocycles. The van der Waals surface area contributed by atoms with Gasteiger partial charge in [0.05, 0.1) is 17.7 Å². The van der Waals surface area contributed by atoms with Crippen molar-refractivity contribution in [1.29, 1.82) is 0 Å². The second-order valence-corrected chi connectivity index (χ2v) is 11.1. The Balaban J connectivity index is 1.43. The Kier molecular flexibility index (Phi) is 6.68. The number of hydrogen-bond acceptors (Lipinski definition) is 7. The molecule has 0 saturated heterocycles. The van der Waals surface area contributed by atoms with Crippen LogP contribution in [0, 0.1) is 29.2 Å². The Hall–Kier alpha value is -4.45. The normalized spacial score (nSPS) is 20.7. The number of para-hydroxylation sites is 1. The van der Waals surface area contributed by atoms with Crippen molar-refractivity contribution in [3.05, 3.63) is 108 Å². The molecule has 0 N–H and O–H groups in total. The Labute approximate surface area is 239 Å².